The first-order valence-corrected chi connectivity index (χ1v) is 9.02. The van der Waals surface area contributed by atoms with Crippen LogP contribution in [0, 0.1) is 10.8 Å². The van der Waals surface area contributed by atoms with Crippen molar-refractivity contribution in [2.45, 2.75) is 52.4 Å². The van der Waals surface area contributed by atoms with Crippen LogP contribution in [0.1, 0.15) is 41.5 Å². The SMILES string of the molecule is CC(C)(C)C(OC(N)=O)(C(COC(N)=O)S(C)(=O)=O)C(C)(C)C. The van der Waals surface area contributed by atoms with Crippen molar-refractivity contribution in [3.63, 3.8) is 0 Å². The number of amides is 2. The largest absolute Gasteiger partial charge is 0.448 e. The van der Waals surface area contributed by atoms with Crippen LogP contribution in [0.25, 0.3) is 0 Å². The van der Waals surface area contributed by atoms with Crippen molar-refractivity contribution in [3.8, 4) is 0 Å². The number of primary amides is 2. The molecule has 0 aromatic rings. The second kappa shape index (κ2) is 6.54. The highest BCUT2D eigenvalue weighted by Crippen LogP contribution is 2.51. The number of hydrogen-bond donors (Lipinski definition) is 2. The minimum absolute atomic E-state index is 0.546. The van der Waals surface area contributed by atoms with Crippen LogP contribution in [0.4, 0.5) is 9.59 Å². The number of nitrogens with two attached hydrogens (primary N) is 2. The van der Waals surface area contributed by atoms with Crippen molar-refractivity contribution < 1.29 is 27.5 Å². The second-order valence-electron chi connectivity index (χ2n) is 7.60. The summed E-state index contributed by atoms with van der Waals surface area (Å²) in [5.41, 5.74) is 6.94. The fourth-order valence-electron chi connectivity index (χ4n) is 3.32. The number of ether oxygens (including phenoxy) is 2. The van der Waals surface area contributed by atoms with E-state index in [1.165, 1.54) is 0 Å². The summed E-state index contributed by atoms with van der Waals surface area (Å²) in [4.78, 5) is 22.5. The predicted molar refractivity (Wildman–Crippen MR) is 86.5 cm³/mol. The van der Waals surface area contributed by atoms with Gasteiger partial charge in [0.25, 0.3) is 0 Å². The van der Waals surface area contributed by atoms with E-state index in [-0.39, 0.29) is 0 Å². The van der Waals surface area contributed by atoms with Gasteiger partial charge in [-0.3, -0.25) is 0 Å². The standard InChI is InChI=1S/C14H28N2O6S/c1-12(2,3)14(13(4,5)6,22-11(16)18)9(23(7,19)20)8-21-10(15)17/h9H,8H2,1-7H3,(H2,15,17)(H2,16,18). The van der Waals surface area contributed by atoms with E-state index in [0.29, 0.717) is 0 Å². The van der Waals surface area contributed by atoms with E-state index < -0.39 is 50.3 Å². The molecule has 0 aliphatic rings. The summed E-state index contributed by atoms with van der Waals surface area (Å²) < 4.78 is 35.0. The number of sulfone groups is 1. The van der Waals surface area contributed by atoms with E-state index in [4.69, 9.17) is 20.9 Å². The molecule has 0 radical (unpaired) electrons. The van der Waals surface area contributed by atoms with E-state index in [1.807, 2.05) is 0 Å². The molecule has 0 aliphatic carbocycles. The second-order valence-corrected chi connectivity index (χ2v) is 9.83. The summed E-state index contributed by atoms with van der Waals surface area (Å²) in [7, 11) is -3.80. The van der Waals surface area contributed by atoms with Gasteiger partial charge in [0.15, 0.2) is 9.84 Å². The smallest absolute Gasteiger partial charge is 0.405 e. The van der Waals surface area contributed by atoms with Crippen LogP contribution in [0.3, 0.4) is 0 Å². The van der Waals surface area contributed by atoms with Crippen molar-refractivity contribution in [3.05, 3.63) is 0 Å². The summed E-state index contributed by atoms with van der Waals surface area (Å²) in [5, 5.41) is -1.34. The van der Waals surface area contributed by atoms with Crippen LogP contribution in [0.2, 0.25) is 0 Å². The zero-order chi connectivity index (χ0) is 18.9. The Morgan fingerprint density at radius 1 is 0.957 bits per heavy atom. The van der Waals surface area contributed by atoms with Gasteiger partial charge in [-0.1, -0.05) is 41.5 Å². The molecule has 0 spiro atoms. The molecule has 0 aliphatic heterocycles. The zero-order valence-corrected chi connectivity index (χ0v) is 15.6. The molecule has 0 saturated carbocycles. The summed E-state index contributed by atoms with van der Waals surface area (Å²) in [6.07, 6.45) is -1.24. The molecule has 1 unspecified atom stereocenters. The molecule has 4 N–H and O–H groups in total. The lowest BCUT2D eigenvalue weighted by molar-refractivity contribution is -0.144. The molecule has 8 nitrogen and oxygen atoms in total. The molecule has 0 heterocycles. The monoisotopic (exact) mass is 352 g/mol. The number of hydrogen-bond acceptors (Lipinski definition) is 6. The van der Waals surface area contributed by atoms with Crippen molar-refractivity contribution in [2.24, 2.45) is 22.3 Å². The molecule has 0 aromatic heterocycles. The zero-order valence-electron chi connectivity index (χ0n) is 14.8. The maximum atomic E-state index is 12.4. The van der Waals surface area contributed by atoms with Crippen LogP contribution in [-0.4, -0.2) is 44.3 Å². The van der Waals surface area contributed by atoms with Crippen LogP contribution in [-0.2, 0) is 19.3 Å². The Bertz CT molecular complexity index is 543. The van der Waals surface area contributed by atoms with E-state index >= 15 is 0 Å². The number of carbonyl (C=O) groups excluding carboxylic acids is 2. The molecular formula is C14H28N2O6S. The highest BCUT2D eigenvalue weighted by molar-refractivity contribution is 7.91. The molecule has 2 amide bonds. The molecule has 9 heteroatoms. The van der Waals surface area contributed by atoms with Gasteiger partial charge in [0, 0.05) is 17.1 Å². The Morgan fingerprint density at radius 2 is 1.35 bits per heavy atom. The first-order valence-electron chi connectivity index (χ1n) is 7.06. The Morgan fingerprint density at radius 3 is 1.57 bits per heavy atom. The van der Waals surface area contributed by atoms with Crippen molar-refractivity contribution in [1.82, 2.24) is 0 Å². The lowest BCUT2D eigenvalue weighted by atomic mass is 9.60. The van der Waals surface area contributed by atoms with E-state index in [1.54, 1.807) is 41.5 Å². The van der Waals surface area contributed by atoms with Gasteiger partial charge in [-0.15, -0.1) is 0 Å². The van der Waals surface area contributed by atoms with E-state index in [2.05, 4.69) is 0 Å². The average Bonchev–Trinajstić information content (AvgIpc) is 2.21. The third-order valence-corrected chi connectivity index (χ3v) is 5.34. The fraction of sp³-hybridized carbons (Fsp3) is 0.857. The van der Waals surface area contributed by atoms with Crippen molar-refractivity contribution >= 4 is 22.0 Å². The summed E-state index contributed by atoms with van der Waals surface area (Å²) in [5.74, 6) is 0. The van der Waals surface area contributed by atoms with Gasteiger partial charge in [-0.25, -0.2) is 18.0 Å². The maximum absolute atomic E-state index is 12.4. The molecule has 0 bridgehead atoms. The molecule has 0 rings (SSSR count). The molecular weight excluding hydrogens is 324 g/mol. The van der Waals surface area contributed by atoms with Crippen molar-refractivity contribution in [1.29, 1.82) is 0 Å². The van der Waals surface area contributed by atoms with Gasteiger partial charge >= 0.3 is 12.2 Å². The van der Waals surface area contributed by atoms with E-state index in [0.717, 1.165) is 6.26 Å². The minimum Gasteiger partial charge on any atom is -0.448 e. The minimum atomic E-state index is -3.80. The highest BCUT2D eigenvalue weighted by Gasteiger charge is 2.62. The quantitative estimate of drug-likeness (QED) is 0.767. The Kier molecular flexibility index (Phi) is 6.11. The third-order valence-electron chi connectivity index (χ3n) is 3.84. The Labute approximate surface area is 137 Å². The van der Waals surface area contributed by atoms with Gasteiger partial charge in [-0.2, -0.15) is 0 Å². The Balaban J connectivity index is 6.54. The van der Waals surface area contributed by atoms with Crippen LogP contribution >= 0.6 is 0 Å². The molecule has 0 fully saturated rings. The molecule has 0 aromatic carbocycles. The van der Waals surface area contributed by atoms with Crippen LogP contribution in [0.5, 0.6) is 0 Å². The first kappa shape index (κ1) is 21.5. The van der Waals surface area contributed by atoms with Gasteiger partial charge in [0.05, 0.1) is 0 Å². The number of rotatable bonds is 5. The lowest BCUT2D eigenvalue weighted by Gasteiger charge is -2.54. The molecule has 0 saturated heterocycles. The van der Waals surface area contributed by atoms with Gasteiger partial charge in [0.2, 0.25) is 0 Å². The third kappa shape index (κ3) is 4.73. The first-order chi connectivity index (χ1) is 9.97. The van der Waals surface area contributed by atoms with Gasteiger partial charge in [0.1, 0.15) is 17.5 Å². The normalized spacial score (nSPS) is 14.9. The average molecular weight is 352 g/mol. The fourth-order valence-corrected chi connectivity index (χ4v) is 5.00. The summed E-state index contributed by atoms with van der Waals surface area (Å²) in [6.45, 7) is 9.81. The van der Waals surface area contributed by atoms with Crippen LogP contribution in [0.15, 0.2) is 0 Å². The maximum Gasteiger partial charge on any atom is 0.405 e. The summed E-state index contributed by atoms with van der Waals surface area (Å²) >= 11 is 0. The highest BCUT2D eigenvalue weighted by atomic mass is 32.2. The molecule has 23 heavy (non-hydrogen) atoms. The van der Waals surface area contributed by atoms with Gasteiger partial charge < -0.3 is 20.9 Å². The van der Waals surface area contributed by atoms with E-state index in [9.17, 15) is 18.0 Å². The number of carbonyl (C=O) groups is 2. The van der Waals surface area contributed by atoms with Crippen molar-refractivity contribution in [2.75, 3.05) is 12.9 Å². The predicted octanol–water partition coefficient (Wildman–Crippen LogP) is 1.42. The lowest BCUT2D eigenvalue weighted by Crippen LogP contribution is -2.67. The van der Waals surface area contributed by atoms with Gasteiger partial charge in [-0.05, 0) is 0 Å². The molecule has 136 valence electrons. The Hall–Kier alpha value is -1.51. The van der Waals surface area contributed by atoms with Crippen LogP contribution < -0.4 is 11.5 Å². The summed E-state index contributed by atoms with van der Waals surface area (Å²) in [6, 6.07) is 0. The molecule has 1 atom stereocenters. The topological polar surface area (TPSA) is 139 Å².